The van der Waals surface area contributed by atoms with Gasteiger partial charge in [-0.2, -0.15) is 0 Å². The smallest absolute Gasteiger partial charge is 0.243 e. The molecule has 1 N–H and O–H groups in total. The molecule has 0 aliphatic carbocycles. The van der Waals surface area contributed by atoms with Gasteiger partial charge in [0.2, 0.25) is 5.91 Å². The first-order chi connectivity index (χ1) is 16.6. The lowest BCUT2D eigenvalue weighted by atomic mass is 10.1. The third-order valence-electron chi connectivity index (χ3n) is 5.96. The van der Waals surface area contributed by atoms with Crippen LogP contribution in [0.4, 0.5) is 10.8 Å². The largest absolute Gasteiger partial charge is 0.497 e. The number of nitrogens with one attached hydrogen (secondary N) is 1. The maximum absolute atomic E-state index is 13.3. The molecular formula is C26H31N3O4S. The summed E-state index contributed by atoms with van der Waals surface area (Å²) in [6, 6.07) is 15.1. The molecule has 0 spiro atoms. The topological polar surface area (TPSA) is 72.9 Å². The van der Waals surface area contributed by atoms with Crippen LogP contribution < -0.4 is 19.7 Å². The SMILES string of the molecule is CC[C@H](C(=O)NC[C@H]1CCCO1)N(c1ccc(OC)cc1)c1nc(-c2ccc(OC)cc2)cs1. The third-order valence-corrected chi connectivity index (χ3v) is 6.80. The number of methoxy groups -OCH3 is 2. The van der Waals surface area contributed by atoms with E-state index in [0.717, 1.165) is 53.0 Å². The predicted molar refractivity (Wildman–Crippen MR) is 135 cm³/mol. The number of thiazole rings is 1. The number of ether oxygens (including phenoxy) is 3. The average molecular weight is 482 g/mol. The molecule has 0 bridgehead atoms. The lowest BCUT2D eigenvalue weighted by Crippen LogP contribution is -2.46. The highest BCUT2D eigenvalue weighted by atomic mass is 32.1. The molecule has 1 aromatic heterocycles. The molecule has 1 fully saturated rings. The predicted octanol–water partition coefficient (Wildman–Crippen LogP) is 5.04. The zero-order valence-corrected chi connectivity index (χ0v) is 20.6. The van der Waals surface area contributed by atoms with Gasteiger partial charge in [-0.15, -0.1) is 11.3 Å². The van der Waals surface area contributed by atoms with E-state index in [0.29, 0.717) is 13.0 Å². The summed E-state index contributed by atoms with van der Waals surface area (Å²) >= 11 is 1.52. The van der Waals surface area contributed by atoms with Crippen molar-refractivity contribution in [2.24, 2.45) is 0 Å². The molecule has 34 heavy (non-hydrogen) atoms. The van der Waals surface area contributed by atoms with Crippen LogP contribution in [0.25, 0.3) is 11.3 Å². The molecule has 1 amide bonds. The molecule has 4 rings (SSSR count). The van der Waals surface area contributed by atoms with E-state index in [1.54, 1.807) is 14.2 Å². The Hall–Kier alpha value is -3.10. The van der Waals surface area contributed by atoms with Gasteiger partial charge in [0, 0.05) is 29.8 Å². The zero-order valence-electron chi connectivity index (χ0n) is 19.8. The number of hydrogen-bond acceptors (Lipinski definition) is 7. The summed E-state index contributed by atoms with van der Waals surface area (Å²) < 4.78 is 16.3. The molecule has 1 saturated heterocycles. The van der Waals surface area contributed by atoms with Crippen molar-refractivity contribution < 1.29 is 19.0 Å². The second-order valence-electron chi connectivity index (χ2n) is 8.12. The normalized spacial score (nSPS) is 16.1. The fourth-order valence-electron chi connectivity index (χ4n) is 4.06. The monoisotopic (exact) mass is 481 g/mol. The average Bonchev–Trinajstić information content (AvgIpc) is 3.58. The molecule has 2 atom stereocenters. The number of carbonyl (C=O) groups excluding carboxylic acids is 1. The fraction of sp³-hybridized carbons (Fsp3) is 0.385. The Bertz CT molecular complexity index is 1060. The number of aromatic nitrogens is 1. The van der Waals surface area contributed by atoms with E-state index in [2.05, 4.69) is 5.32 Å². The van der Waals surface area contributed by atoms with Gasteiger partial charge in [-0.1, -0.05) is 6.92 Å². The minimum Gasteiger partial charge on any atom is -0.497 e. The van der Waals surface area contributed by atoms with Crippen LogP contribution in [0, 0.1) is 0 Å². The molecular weight excluding hydrogens is 450 g/mol. The number of amides is 1. The van der Waals surface area contributed by atoms with Gasteiger partial charge in [0.05, 0.1) is 26.0 Å². The second kappa shape index (κ2) is 11.4. The molecule has 7 nitrogen and oxygen atoms in total. The molecule has 3 aromatic rings. The number of anilines is 2. The van der Waals surface area contributed by atoms with E-state index < -0.39 is 6.04 Å². The highest BCUT2D eigenvalue weighted by molar-refractivity contribution is 7.14. The number of nitrogens with zero attached hydrogens (tertiary/aromatic N) is 2. The van der Waals surface area contributed by atoms with Crippen LogP contribution in [0.3, 0.4) is 0 Å². The van der Waals surface area contributed by atoms with Gasteiger partial charge in [0.15, 0.2) is 5.13 Å². The summed E-state index contributed by atoms with van der Waals surface area (Å²) in [5, 5.41) is 5.88. The van der Waals surface area contributed by atoms with Crippen molar-refractivity contribution in [2.45, 2.75) is 38.3 Å². The highest BCUT2D eigenvalue weighted by Crippen LogP contribution is 2.35. The van der Waals surface area contributed by atoms with Gasteiger partial charge >= 0.3 is 0 Å². The minimum absolute atomic E-state index is 0.0324. The molecule has 8 heteroatoms. The molecule has 1 aliphatic heterocycles. The quantitative estimate of drug-likeness (QED) is 0.437. The molecule has 2 aromatic carbocycles. The van der Waals surface area contributed by atoms with Gasteiger partial charge in [-0.3, -0.25) is 4.79 Å². The summed E-state index contributed by atoms with van der Waals surface area (Å²) in [6.45, 7) is 3.31. The van der Waals surface area contributed by atoms with Crippen molar-refractivity contribution in [2.75, 3.05) is 32.3 Å². The Kier molecular flexibility index (Phi) is 8.03. The molecule has 1 aliphatic rings. The summed E-state index contributed by atoms with van der Waals surface area (Å²) in [7, 11) is 3.29. The molecule has 0 unspecified atom stereocenters. The maximum atomic E-state index is 13.3. The minimum atomic E-state index is -0.412. The summed E-state index contributed by atoms with van der Waals surface area (Å²) in [6.07, 6.45) is 2.75. The van der Waals surface area contributed by atoms with Crippen LogP contribution in [0.15, 0.2) is 53.9 Å². The third kappa shape index (κ3) is 5.51. The van der Waals surface area contributed by atoms with Crippen molar-refractivity contribution >= 4 is 28.1 Å². The second-order valence-corrected chi connectivity index (χ2v) is 8.95. The van der Waals surface area contributed by atoms with E-state index in [9.17, 15) is 4.79 Å². The first-order valence-electron chi connectivity index (χ1n) is 11.6. The van der Waals surface area contributed by atoms with Crippen LogP contribution in [0.5, 0.6) is 11.5 Å². The van der Waals surface area contributed by atoms with E-state index in [4.69, 9.17) is 19.2 Å². The van der Waals surface area contributed by atoms with Crippen molar-refractivity contribution in [3.63, 3.8) is 0 Å². The van der Waals surface area contributed by atoms with Gasteiger partial charge in [-0.05, 0) is 67.8 Å². The van der Waals surface area contributed by atoms with E-state index in [1.807, 2.05) is 65.7 Å². The highest BCUT2D eigenvalue weighted by Gasteiger charge is 2.29. The number of carbonyl (C=O) groups is 1. The molecule has 180 valence electrons. The van der Waals surface area contributed by atoms with Gasteiger partial charge in [0.25, 0.3) is 0 Å². The number of rotatable bonds is 10. The van der Waals surface area contributed by atoms with Crippen LogP contribution in [-0.4, -0.2) is 50.4 Å². The number of benzene rings is 2. The summed E-state index contributed by atoms with van der Waals surface area (Å²) in [5.74, 6) is 1.53. The molecule has 2 heterocycles. The Morgan fingerprint density at radius 3 is 2.41 bits per heavy atom. The van der Waals surface area contributed by atoms with Crippen molar-refractivity contribution in [1.29, 1.82) is 0 Å². The summed E-state index contributed by atoms with van der Waals surface area (Å²) in [4.78, 5) is 20.2. The first kappa shape index (κ1) is 24.0. The van der Waals surface area contributed by atoms with Gasteiger partial charge in [-0.25, -0.2) is 4.98 Å². The van der Waals surface area contributed by atoms with E-state index in [1.165, 1.54) is 11.3 Å². The lowest BCUT2D eigenvalue weighted by molar-refractivity contribution is -0.122. The van der Waals surface area contributed by atoms with Crippen LogP contribution in [-0.2, 0) is 9.53 Å². The van der Waals surface area contributed by atoms with Crippen molar-refractivity contribution in [3.05, 3.63) is 53.9 Å². The van der Waals surface area contributed by atoms with Crippen LogP contribution in [0.2, 0.25) is 0 Å². The van der Waals surface area contributed by atoms with E-state index >= 15 is 0 Å². The van der Waals surface area contributed by atoms with Crippen LogP contribution >= 0.6 is 11.3 Å². The standard InChI is InChI=1S/C26H31N3O4S/c1-4-24(25(30)27-16-22-6-5-15-33-22)29(19-9-13-21(32-3)14-10-19)26-28-23(17-34-26)18-7-11-20(31-2)12-8-18/h7-14,17,22,24H,4-6,15-16H2,1-3H3,(H,27,30)/t22-,24-/m1/s1. The van der Waals surface area contributed by atoms with Crippen molar-refractivity contribution in [1.82, 2.24) is 10.3 Å². The Morgan fingerprint density at radius 2 is 1.82 bits per heavy atom. The maximum Gasteiger partial charge on any atom is 0.243 e. The van der Waals surface area contributed by atoms with Crippen molar-refractivity contribution in [3.8, 4) is 22.8 Å². The molecule has 0 radical (unpaired) electrons. The van der Waals surface area contributed by atoms with Crippen LogP contribution in [0.1, 0.15) is 26.2 Å². The summed E-state index contributed by atoms with van der Waals surface area (Å²) in [5.41, 5.74) is 2.74. The lowest BCUT2D eigenvalue weighted by Gasteiger charge is -2.30. The Labute approximate surface area is 204 Å². The zero-order chi connectivity index (χ0) is 23.9. The number of hydrogen-bond donors (Lipinski definition) is 1. The van der Waals surface area contributed by atoms with Gasteiger partial charge < -0.3 is 24.4 Å². The molecule has 0 saturated carbocycles. The van der Waals surface area contributed by atoms with Gasteiger partial charge in [0.1, 0.15) is 17.5 Å². The Balaban J connectivity index is 1.62. The van der Waals surface area contributed by atoms with E-state index in [-0.39, 0.29) is 12.0 Å². The fourth-order valence-corrected chi connectivity index (χ4v) is 4.96. The Morgan fingerprint density at radius 1 is 1.15 bits per heavy atom. The first-order valence-corrected chi connectivity index (χ1v) is 12.4.